The van der Waals surface area contributed by atoms with E-state index in [4.69, 9.17) is 36.3 Å². The second-order valence-corrected chi connectivity index (χ2v) is 14.1. The number of fused-ring (bicyclic) bond motifs is 6. The van der Waals surface area contributed by atoms with Crippen LogP contribution in [0.4, 0.5) is 29.0 Å². The smallest absolute Gasteiger partial charge is 0.229 e. The molecule has 3 N–H and O–H groups in total. The summed E-state index contributed by atoms with van der Waals surface area (Å²) in [5.41, 5.74) is 8.66. The number of amides is 2. The first kappa shape index (κ1) is 38.8. The molecule has 0 aliphatic carbocycles. The van der Waals surface area contributed by atoms with Gasteiger partial charge < -0.3 is 30.0 Å². The van der Waals surface area contributed by atoms with E-state index >= 15 is 0 Å². The summed E-state index contributed by atoms with van der Waals surface area (Å²) in [5, 5.41) is 3.26. The highest BCUT2D eigenvalue weighted by Gasteiger charge is 2.40. The normalized spacial score (nSPS) is 17.2. The van der Waals surface area contributed by atoms with Crippen LogP contribution < -0.4 is 39.8 Å². The molecule has 0 saturated carbocycles. The Bertz CT molecular complexity index is 2530. The largest absolute Gasteiger partial charge is 0.493 e. The standard InChI is InChI=1S/C19H19N7O3.C10H12N4O.C9H8ClN3O2/c1-11-8-25(10-22-11)17-14(28-2)5-12(6-20-17)23-19-21-7-15-18(24-19)26-13(9-29-15)3-4-16(26)27;1-7-5-14(6-13-7)10-9(15-2)3-8(11)4-12-10;10-9-11-3-6-8(12-9)13-5(4-15-6)1-2-7(13)14/h5-8,10,13H,3-4,9H2,1-2H3,(H,21,23,24);3-6H,11H2,1-2H3;3,5H,1-2,4H2. The van der Waals surface area contributed by atoms with Gasteiger partial charge in [-0.3, -0.25) is 28.5 Å². The maximum absolute atomic E-state index is 12.3. The van der Waals surface area contributed by atoms with Gasteiger partial charge in [-0.05, 0) is 38.3 Å². The maximum Gasteiger partial charge on any atom is 0.229 e. The van der Waals surface area contributed by atoms with Crippen LogP contribution in [0.5, 0.6) is 23.0 Å². The highest BCUT2D eigenvalue weighted by molar-refractivity contribution is 6.28. The molecule has 2 unspecified atom stereocenters. The molecule has 6 aromatic heterocycles. The molecule has 4 aliphatic rings. The number of pyridine rings is 2. The van der Waals surface area contributed by atoms with Crippen LogP contribution in [-0.4, -0.2) is 100 Å². The highest BCUT2D eigenvalue weighted by Crippen LogP contribution is 2.38. The molecule has 0 bridgehead atoms. The summed E-state index contributed by atoms with van der Waals surface area (Å²) >= 11 is 5.70. The molecule has 0 radical (unpaired) electrons. The molecule has 2 fully saturated rings. The van der Waals surface area contributed by atoms with Crippen molar-refractivity contribution in [3.05, 3.63) is 78.6 Å². The van der Waals surface area contributed by atoms with E-state index in [0.29, 0.717) is 89.6 Å². The van der Waals surface area contributed by atoms with Gasteiger partial charge in [0.1, 0.15) is 25.9 Å². The number of rotatable bonds is 6. The first-order valence-corrected chi connectivity index (χ1v) is 18.9. The lowest BCUT2D eigenvalue weighted by atomic mass is 10.2. The van der Waals surface area contributed by atoms with Crippen molar-refractivity contribution in [2.24, 2.45) is 0 Å². The van der Waals surface area contributed by atoms with Crippen LogP contribution in [0.1, 0.15) is 37.1 Å². The van der Waals surface area contributed by atoms with E-state index in [9.17, 15) is 9.59 Å². The van der Waals surface area contributed by atoms with Crippen molar-refractivity contribution >= 4 is 52.4 Å². The lowest BCUT2D eigenvalue weighted by molar-refractivity contribution is -0.118. The minimum Gasteiger partial charge on any atom is -0.493 e. The zero-order chi connectivity index (χ0) is 41.2. The van der Waals surface area contributed by atoms with Gasteiger partial charge in [0.15, 0.2) is 46.3 Å². The van der Waals surface area contributed by atoms with Gasteiger partial charge in [-0.2, -0.15) is 9.97 Å². The molecule has 4 aliphatic heterocycles. The van der Waals surface area contributed by atoms with Crippen molar-refractivity contribution in [2.45, 2.75) is 51.6 Å². The number of nitrogen functional groups attached to an aromatic ring is 1. The molecule has 59 heavy (non-hydrogen) atoms. The van der Waals surface area contributed by atoms with Crippen LogP contribution >= 0.6 is 11.6 Å². The van der Waals surface area contributed by atoms with Crippen molar-refractivity contribution in [3.63, 3.8) is 0 Å². The molecule has 6 aromatic rings. The number of hydrogen-bond donors (Lipinski definition) is 2. The first-order valence-electron chi connectivity index (χ1n) is 18.5. The third kappa shape index (κ3) is 8.06. The fourth-order valence-electron chi connectivity index (χ4n) is 6.92. The van der Waals surface area contributed by atoms with Crippen molar-refractivity contribution < 1.29 is 28.5 Å². The molecule has 10 rings (SSSR count). The Morgan fingerprint density at radius 2 is 1.25 bits per heavy atom. The zero-order valence-corrected chi connectivity index (χ0v) is 33.2. The third-order valence-corrected chi connectivity index (χ3v) is 9.89. The average Bonchev–Trinajstić information content (AvgIpc) is 4.06. The Morgan fingerprint density at radius 1 is 0.712 bits per heavy atom. The number of halogens is 1. The van der Waals surface area contributed by atoms with E-state index in [1.807, 2.05) is 26.2 Å². The zero-order valence-electron chi connectivity index (χ0n) is 32.4. The maximum atomic E-state index is 12.3. The summed E-state index contributed by atoms with van der Waals surface area (Å²) in [6.45, 7) is 4.82. The van der Waals surface area contributed by atoms with Crippen LogP contribution in [0.3, 0.4) is 0 Å². The van der Waals surface area contributed by atoms with Crippen LogP contribution in [0, 0.1) is 13.8 Å². The molecular weight excluding hydrogens is 784 g/mol. The number of aryl methyl sites for hydroxylation is 2. The molecule has 20 nitrogen and oxygen atoms in total. The number of ether oxygens (including phenoxy) is 4. The highest BCUT2D eigenvalue weighted by atomic mass is 35.5. The van der Waals surface area contributed by atoms with E-state index in [2.05, 4.69) is 45.2 Å². The summed E-state index contributed by atoms with van der Waals surface area (Å²) in [7, 11) is 3.17. The van der Waals surface area contributed by atoms with Gasteiger partial charge in [0.2, 0.25) is 23.0 Å². The van der Waals surface area contributed by atoms with E-state index < -0.39 is 0 Å². The van der Waals surface area contributed by atoms with Crippen LogP contribution in [0.2, 0.25) is 5.28 Å². The predicted octanol–water partition coefficient (Wildman–Crippen LogP) is 4.19. The van der Waals surface area contributed by atoms with E-state index in [0.717, 1.165) is 24.2 Å². The van der Waals surface area contributed by atoms with Gasteiger partial charge in [0.05, 0.1) is 73.9 Å². The fourth-order valence-corrected chi connectivity index (χ4v) is 7.05. The number of carbonyl (C=O) groups is 2. The molecule has 304 valence electrons. The third-order valence-electron chi connectivity index (χ3n) is 9.71. The Kier molecular flexibility index (Phi) is 10.8. The fraction of sp³-hybridized carbons (Fsp3) is 0.316. The monoisotopic (exact) mass is 822 g/mol. The van der Waals surface area contributed by atoms with Crippen molar-refractivity contribution in [3.8, 4) is 34.6 Å². The summed E-state index contributed by atoms with van der Waals surface area (Å²) in [6.07, 6.45) is 16.1. The molecule has 21 heteroatoms. The summed E-state index contributed by atoms with van der Waals surface area (Å²) < 4.78 is 25.4. The van der Waals surface area contributed by atoms with E-state index in [-0.39, 0.29) is 29.2 Å². The Morgan fingerprint density at radius 3 is 1.81 bits per heavy atom. The van der Waals surface area contributed by atoms with Gasteiger partial charge in [-0.1, -0.05) is 0 Å². The minimum absolute atomic E-state index is 0.0393. The second-order valence-electron chi connectivity index (χ2n) is 13.8. The van der Waals surface area contributed by atoms with Crippen molar-refractivity contribution in [2.75, 3.05) is 48.3 Å². The molecule has 10 heterocycles. The van der Waals surface area contributed by atoms with Crippen molar-refractivity contribution in [1.82, 2.24) is 49.0 Å². The number of anilines is 5. The molecule has 0 aromatic carbocycles. The molecule has 2 amide bonds. The van der Waals surface area contributed by atoms with Crippen molar-refractivity contribution in [1.29, 1.82) is 0 Å². The number of carbonyl (C=O) groups excluding carboxylic acids is 2. The number of nitrogens with zero attached hydrogens (tertiary/aromatic N) is 12. The number of hydrogen-bond acceptors (Lipinski definition) is 16. The number of imidazole rings is 2. The van der Waals surface area contributed by atoms with E-state index in [1.54, 1.807) is 76.5 Å². The summed E-state index contributed by atoms with van der Waals surface area (Å²) in [5.74, 6) is 5.08. The number of nitrogens with two attached hydrogens (primary N) is 1. The molecule has 2 saturated heterocycles. The van der Waals surface area contributed by atoms with Gasteiger partial charge in [0, 0.05) is 37.4 Å². The first-order chi connectivity index (χ1) is 28.6. The Labute approximate surface area is 342 Å². The number of nitrogens with one attached hydrogen (secondary N) is 1. The lowest BCUT2D eigenvalue weighted by Gasteiger charge is -2.30. The van der Waals surface area contributed by atoms with E-state index in [1.165, 1.54) is 6.20 Å². The van der Waals surface area contributed by atoms with Crippen LogP contribution in [0.15, 0.2) is 62.0 Å². The summed E-state index contributed by atoms with van der Waals surface area (Å²) in [6, 6.07) is 3.69. The minimum atomic E-state index is 0.0393. The summed E-state index contributed by atoms with van der Waals surface area (Å²) in [4.78, 5) is 61.0. The molecule has 2 atom stereocenters. The second kappa shape index (κ2) is 16.4. The Hall–Kier alpha value is -7.09. The molecular formula is C38H39ClN14O6. The topological polar surface area (TPSA) is 229 Å². The quantitative estimate of drug-likeness (QED) is 0.224. The number of aromatic nitrogens is 10. The van der Waals surface area contributed by atoms with Crippen LogP contribution in [-0.2, 0) is 9.59 Å². The van der Waals surface area contributed by atoms with Gasteiger partial charge in [0.25, 0.3) is 0 Å². The SMILES string of the molecule is COc1cc(N)cnc1-n1cnc(C)c1.COc1cc(Nc2ncc3c(n2)N2C(=O)CCC2CO3)cnc1-n1cnc(C)c1.O=C1CCC2COc3cnc(Cl)nc3N12. The average molecular weight is 823 g/mol. The molecule has 0 spiro atoms. The Balaban J connectivity index is 0.000000136. The van der Waals surface area contributed by atoms with Crippen LogP contribution in [0.25, 0.3) is 11.6 Å². The van der Waals surface area contributed by atoms with Gasteiger partial charge in [-0.15, -0.1) is 0 Å². The van der Waals surface area contributed by atoms with Gasteiger partial charge >= 0.3 is 0 Å². The lowest BCUT2D eigenvalue weighted by Crippen LogP contribution is -2.41. The predicted molar refractivity (Wildman–Crippen MR) is 214 cm³/mol. The van der Waals surface area contributed by atoms with Gasteiger partial charge in [-0.25, -0.2) is 29.9 Å². The number of methoxy groups -OCH3 is 2.